The van der Waals surface area contributed by atoms with Crippen LogP contribution in [0.1, 0.15) is 70.6 Å². The fourth-order valence-electron chi connectivity index (χ4n) is 6.28. The van der Waals surface area contributed by atoms with Crippen LogP contribution in [0.3, 0.4) is 0 Å². The summed E-state index contributed by atoms with van der Waals surface area (Å²) in [5.74, 6) is -2.59. The Hall–Kier alpha value is -4.11. The van der Waals surface area contributed by atoms with Gasteiger partial charge in [0.1, 0.15) is 5.75 Å². The van der Waals surface area contributed by atoms with Crippen molar-refractivity contribution in [3.8, 4) is 16.9 Å². The van der Waals surface area contributed by atoms with E-state index in [2.05, 4.69) is 15.1 Å². The maximum atomic E-state index is 15.2. The number of fused-ring (bicyclic) bond motifs is 9. The molecule has 1 aliphatic heterocycles. The van der Waals surface area contributed by atoms with Crippen molar-refractivity contribution >= 4 is 11.4 Å². The van der Waals surface area contributed by atoms with E-state index in [1.807, 2.05) is 0 Å². The molecule has 7 rings (SSSR count). The molecule has 2 aliphatic carbocycles. The third-order valence-electron chi connectivity index (χ3n) is 8.28. The van der Waals surface area contributed by atoms with Crippen molar-refractivity contribution in [3.63, 3.8) is 0 Å². The topological polar surface area (TPSA) is 159 Å². The van der Waals surface area contributed by atoms with E-state index < -0.39 is 42.1 Å². The Morgan fingerprint density at radius 2 is 1.93 bits per heavy atom. The average Bonchev–Trinajstić information content (AvgIpc) is 3.39. The van der Waals surface area contributed by atoms with Gasteiger partial charge < -0.3 is 25.8 Å². The van der Waals surface area contributed by atoms with Crippen molar-refractivity contribution in [3.05, 3.63) is 76.9 Å². The fourth-order valence-corrected chi connectivity index (χ4v) is 6.28. The number of pyridine rings is 1. The number of aromatic nitrogens is 4. The van der Waals surface area contributed by atoms with Crippen LogP contribution in [0.15, 0.2) is 42.7 Å². The lowest BCUT2D eigenvalue weighted by atomic mass is 9.77. The predicted octanol–water partition coefficient (Wildman–Crippen LogP) is 2.49. The molecule has 2 atom stereocenters. The number of aliphatic hydroxyl groups is 3. The van der Waals surface area contributed by atoms with E-state index in [9.17, 15) is 28.9 Å². The Morgan fingerprint density at radius 3 is 2.59 bits per heavy atom. The lowest BCUT2D eigenvalue weighted by molar-refractivity contribution is -0.385. The second-order valence-electron chi connectivity index (χ2n) is 10.6. The molecular weight excluding hydrogens is 545 g/mol. The Balaban J connectivity index is 1.42. The standard InChI is InChI=1S/C27H23F3N6O5/c28-22-15(11-32-24(33-22)26(31)6-2-7-26)12-5-8-35-16(9-12)20-14-10-17(21(20)34-35)36(27(38,39)40)23(37)13-3-1-4-18(19(13)14)41-25(29)30/h1,3-5,8-9,11,14,17,25,38-40H,2,6-7,10,31H2. The van der Waals surface area contributed by atoms with Gasteiger partial charge in [0, 0.05) is 35.0 Å². The van der Waals surface area contributed by atoms with Gasteiger partial charge in [0.2, 0.25) is 5.95 Å². The molecule has 1 saturated carbocycles. The Morgan fingerprint density at radius 1 is 1.15 bits per heavy atom. The summed E-state index contributed by atoms with van der Waals surface area (Å²) in [4.78, 5) is 22.2. The number of carbonyl (C=O) groups excluding carboxylic acids is 1. The van der Waals surface area contributed by atoms with Crippen molar-refractivity contribution in [2.24, 2.45) is 5.73 Å². The van der Waals surface area contributed by atoms with Crippen molar-refractivity contribution in [2.75, 3.05) is 0 Å². The number of benzene rings is 1. The quantitative estimate of drug-likeness (QED) is 0.210. The van der Waals surface area contributed by atoms with Gasteiger partial charge >= 0.3 is 12.7 Å². The van der Waals surface area contributed by atoms with Gasteiger partial charge in [0.05, 0.1) is 28.4 Å². The Labute approximate surface area is 229 Å². The highest BCUT2D eigenvalue weighted by molar-refractivity contribution is 5.98. The number of nitrogens with zero attached hydrogens (tertiary/aromatic N) is 5. The largest absolute Gasteiger partial charge is 0.434 e. The summed E-state index contributed by atoms with van der Waals surface area (Å²) in [5.41, 5.74) is 7.06. The highest BCUT2D eigenvalue weighted by Crippen LogP contribution is 2.55. The van der Waals surface area contributed by atoms with Crippen LogP contribution in [0.4, 0.5) is 13.2 Å². The minimum absolute atomic E-state index is 0.0189. The molecule has 3 aliphatic rings. The first-order chi connectivity index (χ1) is 19.5. The second-order valence-corrected chi connectivity index (χ2v) is 10.6. The van der Waals surface area contributed by atoms with Gasteiger partial charge in [-0.1, -0.05) is 6.07 Å². The number of ether oxygens (including phenoxy) is 1. The summed E-state index contributed by atoms with van der Waals surface area (Å²) in [5, 5.41) is 35.1. The van der Waals surface area contributed by atoms with Crippen LogP contribution >= 0.6 is 0 Å². The molecule has 4 aromatic rings. The van der Waals surface area contributed by atoms with Gasteiger partial charge in [-0.2, -0.15) is 18.3 Å². The first-order valence-corrected chi connectivity index (χ1v) is 12.9. The molecule has 3 aromatic heterocycles. The van der Waals surface area contributed by atoms with Gasteiger partial charge in [0.25, 0.3) is 5.91 Å². The predicted molar refractivity (Wildman–Crippen MR) is 134 cm³/mol. The van der Waals surface area contributed by atoms with E-state index in [0.717, 1.165) is 6.42 Å². The van der Waals surface area contributed by atoms with Gasteiger partial charge in [-0.15, -0.1) is 0 Å². The molecule has 41 heavy (non-hydrogen) atoms. The van der Waals surface area contributed by atoms with Crippen molar-refractivity contribution in [1.29, 1.82) is 0 Å². The zero-order valence-electron chi connectivity index (χ0n) is 21.2. The smallest absolute Gasteiger partial charge is 0.387 e. The van der Waals surface area contributed by atoms with Gasteiger partial charge in [-0.25, -0.2) is 14.5 Å². The summed E-state index contributed by atoms with van der Waals surface area (Å²) in [6.45, 7) is -3.20. The molecule has 2 unspecified atom stereocenters. The fraction of sp³-hybridized carbons (Fsp3) is 0.333. The molecule has 212 valence electrons. The third-order valence-corrected chi connectivity index (χ3v) is 8.28. The number of rotatable bonds is 5. The van der Waals surface area contributed by atoms with E-state index in [-0.39, 0.29) is 40.4 Å². The summed E-state index contributed by atoms with van der Waals surface area (Å²) < 4.78 is 48.2. The highest BCUT2D eigenvalue weighted by Gasteiger charge is 2.52. The summed E-state index contributed by atoms with van der Waals surface area (Å²) >= 11 is 0. The molecular formula is C27H23F3N6O5. The van der Waals surface area contributed by atoms with Crippen LogP contribution in [0, 0.1) is 5.95 Å². The molecule has 1 amide bonds. The second kappa shape index (κ2) is 8.69. The summed E-state index contributed by atoms with van der Waals surface area (Å²) in [6.07, 6.45) is 1.53. The van der Waals surface area contributed by atoms with Gasteiger partial charge in [-0.3, -0.25) is 9.69 Å². The number of alkyl halides is 2. The van der Waals surface area contributed by atoms with E-state index in [1.54, 1.807) is 12.1 Å². The number of hydrogen-bond donors (Lipinski definition) is 4. The van der Waals surface area contributed by atoms with Crippen LogP contribution in [-0.4, -0.2) is 58.4 Å². The maximum absolute atomic E-state index is 15.2. The summed E-state index contributed by atoms with van der Waals surface area (Å²) in [6, 6.07) is 5.99. The van der Waals surface area contributed by atoms with Gasteiger partial charge in [0.15, 0.2) is 5.82 Å². The lowest BCUT2D eigenvalue weighted by Crippen LogP contribution is -2.53. The molecule has 4 heterocycles. The number of amides is 1. The monoisotopic (exact) mass is 568 g/mol. The normalized spacial score (nSPS) is 21.1. The van der Waals surface area contributed by atoms with Crippen LogP contribution in [-0.2, 0) is 5.54 Å². The molecule has 5 N–H and O–H groups in total. The zero-order chi connectivity index (χ0) is 28.8. The van der Waals surface area contributed by atoms with E-state index >= 15 is 4.39 Å². The van der Waals surface area contributed by atoms with E-state index in [1.165, 1.54) is 35.1 Å². The maximum Gasteiger partial charge on any atom is 0.387 e. The van der Waals surface area contributed by atoms with E-state index in [4.69, 9.17) is 10.5 Å². The van der Waals surface area contributed by atoms with Crippen LogP contribution in [0.2, 0.25) is 0 Å². The van der Waals surface area contributed by atoms with Gasteiger partial charge in [-0.05, 0) is 55.5 Å². The zero-order valence-corrected chi connectivity index (χ0v) is 21.2. The van der Waals surface area contributed by atoms with Crippen molar-refractivity contribution in [1.82, 2.24) is 24.5 Å². The lowest BCUT2D eigenvalue weighted by Gasteiger charge is -2.36. The average molecular weight is 569 g/mol. The van der Waals surface area contributed by atoms with Crippen molar-refractivity contribution in [2.45, 2.75) is 55.9 Å². The Bertz CT molecular complexity index is 1730. The molecule has 1 fully saturated rings. The minimum atomic E-state index is -3.58. The summed E-state index contributed by atoms with van der Waals surface area (Å²) in [7, 11) is 0. The molecule has 0 spiro atoms. The third kappa shape index (κ3) is 3.82. The number of nitrogens with two attached hydrogens (primary N) is 1. The number of carbonyl (C=O) groups is 1. The highest BCUT2D eigenvalue weighted by atomic mass is 19.3. The molecule has 2 bridgehead atoms. The van der Waals surface area contributed by atoms with E-state index in [0.29, 0.717) is 34.4 Å². The Kier molecular flexibility index (Phi) is 5.48. The molecule has 1 aromatic carbocycles. The number of hydrogen-bond acceptors (Lipinski definition) is 9. The van der Waals surface area contributed by atoms with Crippen molar-refractivity contribution < 1.29 is 38.0 Å². The first kappa shape index (κ1) is 25.8. The SMILES string of the molecule is NC1(c2ncc(-c3ccn4nc5c(c4c3)C3CC5N(C(O)(O)O)C(=O)c4cccc(OC(F)F)c43)c(F)n2)CCC1. The van der Waals surface area contributed by atoms with Crippen LogP contribution < -0.4 is 10.5 Å². The first-order valence-electron chi connectivity index (χ1n) is 12.9. The number of halogens is 3. The molecule has 0 saturated heterocycles. The minimum Gasteiger partial charge on any atom is -0.434 e. The molecule has 0 radical (unpaired) electrons. The molecule has 11 nitrogen and oxygen atoms in total. The molecule has 14 heteroatoms. The van der Waals surface area contributed by atoms with Crippen LogP contribution in [0.5, 0.6) is 5.75 Å². The van der Waals surface area contributed by atoms with Crippen LogP contribution in [0.25, 0.3) is 16.6 Å².